The predicted molar refractivity (Wildman–Crippen MR) is 89.6 cm³/mol. The van der Waals surface area contributed by atoms with E-state index in [1.165, 1.54) is 11.1 Å². The van der Waals surface area contributed by atoms with E-state index >= 15 is 0 Å². The van der Waals surface area contributed by atoms with Crippen LogP contribution >= 0.6 is 0 Å². The largest absolute Gasteiger partial charge is 0.192 e. The van der Waals surface area contributed by atoms with E-state index in [0.717, 1.165) is 17.5 Å². The van der Waals surface area contributed by atoms with Crippen LogP contribution in [-0.4, -0.2) is 0 Å². The van der Waals surface area contributed by atoms with Gasteiger partial charge in [0.2, 0.25) is 0 Å². The van der Waals surface area contributed by atoms with Crippen molar-refractivity contribution < 1.29 is 0 Å². The van der Waals surface area contributed by atoms with Crippen molar-refractivity contribution in [3.63, 3.8) is 0 Å². The molecule has 0 heterocycles. The Labute approximate surface area is 131 Å². The summed E-state index contributed by atoms with van der Waals surface area (Å²) in [4.78, 5) is 0. The normalized spacial score (nSPS) is 10.4. The maximum absolute atomic E-state index is 9.32. The van der Waals surface area contributed by atoms with E-state index in [1.807, 2.05) is 30.3 Å². The minimum atomic E-state index is 0.261. The van der Waals surface area contributed by atoms with Crippen LogP contribution in [0, 0.1) is 11.3 Å². The quantitative estimate of drug-likeness (QED) is 0.665. The molecule has 0 aliphatic heterocycles. The summed E-state index contributed by atoms with van der Waals surface area (Å²) >= 11 is 0. The molecule has 0 amide bonds. The first-order valence-electron chi connectivity index (χ1n) is 7.46. The van der Waals surface area contributed by atoms with Gasteiger partial charge in [-0.1, -0.05) is 78.9 Å². The summed E-state index contributed by atoms with van der Waals surface area (Å²) in [6.07, 6.45) is 0.831. The summed E-state index contributed by atoms with van der Waals surface area (Å²) in [5.74, 6) is 0.261. The maximum Gasteiger partial charge on any atom is 0.0994 e. The second-order valence-corrected chi connectivity index (χ2v) is 5.35. The smallest absolute Gasteiger partial charge is 0.0994 e. The third-order valence-corrected chi connectivity index (χ3v) is 3.97. The average Bonchev–Trinajstić information content (AvgIpc) is 2.61. The van der Waals surface area contributed by atoms with Gasteiger partial charge in [-0.3, -0.25) is 0 Å². The van der Waals surface area contributed by atoms with Gasteiger partial charge in [0.1, 0.15) is 0 Å². The zero-order valence-corrected chi connectivity index (χ0v) is 12.3. The number of rotatable bonds is 4. The minimum absolute atomic E-state index is 0.261. The molecular formula is C21H17N. The summed E-state index contributed by atoms with van der Waals surface area (Å²) in [7, 11) is 0. The van der Waals surface area contributed by atoms with Crippen LogP contribution in [-0.2, 0) is 6.42 Å². The molecule has 3 aromatic carbocycles. The molecule has 0 saturated carbocycles. The second kappa shape index (κ2) is 6.74. The van der Waals surface area contributed by atoms with Crippen LogP contribution in [0.25, 0.3) is 0 Å². The van der Waals surface area contributed by atoms with Crippen molar-refractivity contribution in [2.24, 2.45) is 0 Å². The fraction of sp³-hybridized carbons (Fsp3) is 0.0952. The molecule has 22 heavy (non-hydrogen) atoms. The maximum atomic E-state index is 9.32. The summed E-state index contributed by atoms with van der Waals surface area (Å²) in [5, 5.41) is 9.32. The van der Waals surface area contributed by atoms with Gasteiger partial charge in [0.15, 0.2) is 0 Å². The Morgan fingerprint density at radius 3 is 1.73 bits per heavy atom. The molecule has 0 bridgehead atoms. The molecule has 0 aliphatic rings. The van der Waals surface area contributed by atoms with Crippen LogP contribution in [0.15, 0.2) is 84.9 Å². The van der Waals surface area contributed by atoms with Crippen molar-refractivity contribution in [1.82, 2.24) is 0 Å². The lowest BCUT2D eigenvalue weighted by atomic mass is 9.85. The van der Waals surface area contributed by atoms with Gasteiger partial charge in [-0.2, -0.15) is 5.26 Å². The number of hydrogen-bond acceptors (Lipinski definition) is 1. The van der Waals surface area contributed by atoms with E-state index in [-0.39, 0.29) is 5.92 Å². The van der Waals surface area contributed by atoms with E-state index in [2.05, 4.69) is 60.7 Å². The average molecular weight is 283 g/mol. The lowest BCUT2D eigenvalue weighted by Gasteiger charge is -2.19. The lowest BCUT2D eigenvalue weighted by Crippen LogP contribution is -2.06. The highest BCUT2D eigenvalue weighted by molar-refractivity contribution is 5.41. The summed E-state index contributed by atoms with van der Waals surface area (Å²) < 4.78 is 0. The Bertz CT molecular complexity index is 730. The zero-order valence-electron chi connectivity index (χ0n) is 12.3. The zero-order chi connectivity index (χ0) is 15.2. The van der Waals surface area contributed by atoms with Gasteiger partial charge in [-0.05, 0) is 29.2 Å². The molecule has 0 aromatic heterocycles. The molecule has 1 nitrogen and oxygen atoms in total. The molecule has 0 aliphatic carbocycles. The highest BCUT2D eigenvalue weighted by Crippen LogP contribution is 2.29. The van der Waals surface area contributed by atoms with Crippen molar-refractivity contribution in [1.29, 1.82) is 5.26 Å². The first-order chi connectivity index (χ1) is 10.9. The summed E-state index contributed by atoms with van der Waals surface area (Å²) in [6.45, 7) is 0. The van der Waals surface area contributed by atoms with Crippen LogP contribution in [0.1, 0.15) is 28.2 Å². The number of nitrogens with zero attached hydrogens (tertiary/aromatic N) is 1. The Hall–Kier alpha value is -2.85. The van der Waals surface area contributed by atoms with E-state index < -0.39 is 0 Å². The van der Waals surface area contributed by atoms with Gasteiger partial charge < -0.3 is 0 Å². The molecule has 3 aromatic rings. The van der Waals surface area contributed by atoms with Crippen molar-refractivity contribution >= 4 is 0 Å². The van der Waals surface area contributed by atoms with Crippen LogP contribution in [0.4, 0.5) is 0 Å². The molecule has 0 saturated heterocycles. The van der Waals surface area contributed by atoms with Crippen molar-refractivity contribution in [3.8, 4) is 6.07 Å². The third-order valence-electron chi connectivity index (χ3n) is 3.97. The summed E-state index contributed by atoms with van der Waals surface area (Å²) in [6, 6.07) is 31.2. The number of benzene rings is 3. The van der Waals surface area contributed by atoms with Crippen LogP contribution in [0.5, 0.6) is 0 Å². The van der Waals surface area contributed by atoms with Crippen molar-refractivity contribution in [3.05, 3.63) is 107 Å². The van der Waals surface area contributed by atoms with Gasteiger partial charge in [0.05, 0.1) is 11.6 Å². The Kier molecular flexibility index (Phi) is 4.32. The topological polar surface area (TPSA) is 23.8 Å². The molecule has 0 radical (unpaired) electrons. The Balaban J connectivity index is 2.02. The molecule has 0 unspecified atom stereocenters. The van der Waals surface area contributed by atoms with E-state index in [4.69, 9.17) is 0 Å². The van der Waals surface area contributed by atoms with E-state index in [1.54, 1.807) is 0 Å². The molecule has 0 spiro atoms. The monoisotopic (exact) mass is 283 g/mol. The standard InChI is InChI=1S/C21H17N/c22-16-20-14-8-7-13-19(20)15-21(17-9-3-1-4-10-17)18-11-5-2-6-12-18/h1-14,21H,15H2. The highest BCUT2D eigenvalue weighted by atomic mass is 14.3. The lowest BCUT2D eigenvalue weighted by molar-refractivity contribution is 0.803. The summed E-state index contributed by atoms with van der Waals surface area (Å²) in [5.41, 5.74) is 4.42. The fourth-order valence-electron chi connectivity index (χ4n) is 2.83. The molecule has 106 valence electrons. The highest BCUT2D eigenvalue weighted by Gasteiger charge is 2.16. The van der Waals surface area contributed by atoms with Crippen molar-refractivity contribution in [2.75, 3.05) is 0 Å². The van der Waals surface area contributed by atoms with Gasteiger partial charge in [-0.25, -0.2) is 0 Å². The molecule has 0 N–H and O–H groups in total. The van der Waals surface area contributed by atoms with Gasteiger partial charge in [-0.15, -0.1) is 0 Å². The predicted octanol–water partition coefficient (Wildman–Crippen LogP) is 4.93. The van der Waals surface area contributed by atoms with Crippen LogP contribution < -0.4 is 0 Å². The molecule has 1 heteroatoms. The van der Waals surface area contributed by atoms with E-state index in [9.17, 15) is 5.26 Å². The van der Waals surface area contributed by atoms with Crippen LogP contribution in [0.2, 0.25) is 0 Å². The van der Waals surface area contributed by atoms with Gasteiger partial charge in [0, 0.05) is 5.92 Å². The Morgan fingerprint density at radius 1 is 0.682 bits per heavy atom. The Morgan fingerprint density at radius 2 is 1.18 bits per heavy atom. The SMILES string of the molecule is N#Cc1ccccc1CC(c1ccccc1)c1ccccc1. The number of nitriles is 1. The van der Waals surface area contributed by atoms with Gasteiger partial charge >= 0.3 is 0 Å². The third kappa shape index (κ3) is 3.07. The molecular weight excluding hydrogens is 266 g/mol. The van der Waals surface area contributed by atoms with Crippen LogP contribution in [0.3, 0.4) is 0 Å². The second-order valence-electron chi connectivity index (χ2n) is 5.35. The minimum Gasteiger partial charge on any atom is -0.192 e. The van der Waals surface area contributed by atoms with E-state index in [0.29, 0.717) is 0 Å². The van der Waals surface area contributed by atoms with Crippen molar-refractivity contribution in [2.45, 2.75) is 12.3 Å². The first kappa shape index (κ1) is 14.1. The molecule has 0 atom stereocenters. The molecule has 3 rings (SSSR count). The fourth-order valence-corrected chi connectivity index (χ4v) is 2.83. The first-order valence-corrected chi connectivity index (χ1v) is 7.46. The molecule has 0 fully saturated rings. The number of hydrogen-bond donors (Lipinski definition) is 0. The van der Waals surface area contributed by atoms with Gasteiger partial charge in [0.25, 0.3) is 0 Å².